The Hall–Kier alpha value is -4.04. The maximum absolute atomic E-state index is 13.3. The monoisotopic (exact) mass is 461 g/mol. The third-order valence-electron chi connectivity index (χ3n) is 4.98. The molecule has 0 spiro atoms. The van der Waals surface area contributed by atoms with Crippen molar-refractivity contribution >= 4 is 17.5 Å². The molecule has 33 heavy (non-hydrogen) atoms. The zero-order valence-corrected chi connectivity index (χ0v) is 18.5. The van der Waals surface area contributed by atoms with Gasteiger partial charge in [0.1, 0.15) is 0 Å². The molecule has 0 fully saturated rings. The summed E-state index contributed by atoms with van der Waals surface area (Å²) in [6, 6.07) is 17.5. The van der Waals surface area contributed by atoms with E-state index in [9.17, 15) is 14.4 Å². The molecule has 4 aromatic rings. The van der Waals surface area contributed by atoms with Crippen molar-refractivity contribution in [1.29, 1.82) is 0 Å². The van der Waals surface area contributed by atoms with Gasteiger partial charge in [0.05, 0.1) is 12.2 Å². The molecule has 4 rings (SSSR count). The van der Waals surface area contributed by atoms with E-state index in [2.05, 4.69) is 15.4 Å². The first-order valence-electron chi connectivity index (χ1n) is 10.2. The summed E-state index contributed by atoms with van der Waals surface area (Å²) in [6.45, 7) is 1.92. The van der Waals surface area contributed by atoms with Crippen LogP contribution >= 0.6 is 11.6 Å². The van der Waals surface area contributed by atoms with Gasteiger partial charge in [0.15, 0.2) is 0 Å². The molecule has 8 nitrogen and oxygen atoms in total. The fourth-order valence-corrected chi connectivity index (χ4v) is 3.49. The lowest BCUT2D eigenvalue weighted by molar-refractivity contribution is 0.0941. The van der Waals surface area contributed by atoms with Crippen LogP contribution in [0.2, 0.25) is 5.02 Å². The van der Waals surface area contributed by atoms with Gasteiger partial charge >= 0.3 is 5.69 Å². The lowest BCUT2D eigenvalue weighted by Gasteiger charge is -2.13. The number of carbonyl (C=O) groups is 1. The van der Waals surface area contributed by atoms with Crippen molar-refractivity contribution in [2.24, 2.45) is 0 Å². The molecule has 2 heterocycles. The Morgan fingerprint density at radius 2 is 1.88 bits per heavy atom. The zero-order valence-electron chi connectivity index (χ0n) is 17.7. The summed E-state index contributed by atoms with van der Waals surface area (Å²) in [5.74, 6) is -0.696. The maximum atomic E-state index is 13.3. The van der Waals surface area contributed by atoms with Crippen LogP contribution in [0.4, 0.5) is 0 Å². The van der Waals surface area contributed by atoms with E-state index in [0.29, 0.717) is 16.3 Å². The highest BCUT2D eigenvalue weighted by Crippen LogP contribution is 2.15. The Morgan fingerprint density at radius 3 is 2.61 bits per heavy atom. The molecule has 166 valence electrons. The Bertz CT molecular complexity index is 1430. The van der Waals surface area contributed by atoms with Crippen LogP contribution in [0.25, 0.3) is 5.69 Å². The number of nitrogens with zero attached hydrogens (tertiary/aromatic N) is 4. The molecular formula is C24H20ClN5O3. The van der Waals surface area contributed by atoms with E-state index in [0.717, 1.165) is 20.4 Å². The number of hydrogen-bond donors (Lipinski definition) is 1. The first-order valence-corrected chi connectivity index (χ1v) is 10.5. The van der Waals surface area contributed by atoms with E-state index in [4.69, 9.17) is 11.6 Å². The number of amides is 1. The van der Waals surface area contributed by atoms with Crippen LogP contribution in [0, 0.1) is 6.92 Å². The summed E-state index contributed by atoms with van der Waals surface area (Å²) in [7, 11) is 0. The number of aryl methyl sites for hydroxylation is 1. The van der Waals surface area contributed by atoms with E-state index in [-0.39, 0.29) is 13.1 Å². The average Bonchev–Trinajstić information content (AvgIpc) is 2.82. The normalized spacial score (nSPS) is 10.7. The van der Waals surface area contributed by atoms with Gasteiger partial charge in [0, 0.05) is 24.0 Å². The van der Waals surface area contributed by atoms with Crippen molar-refractivity contribution in [3.05, 3.63) is 121 Å². The lowest BCUT2D eigenvalue weighted by atomic mass is 10.2. The van der Waals surface area contributed by atoms with Crippen LogP contribution in [0.15, 0.2) is 82.6 Å². The third kappa shape index (κ3) is 4.91. The Morgan fingerprint density at radius 1 is 1.06 bits per heavy atom. The van der Waals surface area contributed by atoms with Crippen LogP contribution in [-0.4, -0.2) is 25.2 Å². The quantitative estimate of drug-likeness (QED) is 0.476. The molecule has 0 radical (unpaired) electrons. The highest BCUT2D eigenvalue weighted by molar-refractivity contribution is 6.31. The first-order chi connectivity index (χ1) is 15.9. The van der Waals surface area contributed by atoms with Crippen LogP contribution < -0.4 is 16.6 Å². The van der Waals surface area contributed by atoms with Gasteiger partial charge in [-0.1, -0.05) is 48.0 Å². The molecule has 1 N–H and O–H groups in total. The molecule has 2 aromatic carbocycles. The lowest BCUT2D eigenvalue weighted by Crippen LogP contribution is -2.46. The molecule has 0 atom stereocenters. The zero-order chi connectivity index (χ0) is 23.4. The molecule has 2 aromatic heterocycles. The van der Waals surface area contributed by atoms with Gasteiger partial charge in [0.25, 0.3) is 11.5 Å². The van der Waals surface area contributed by atoms with Crippen LogP contribution in [0.1, 0.15) is 27.2 Å². The van der Waals surface area contributed by atoms with Gasteiger partial charge in [-0.05, 0) is 47.9 Å². The summed E-state index contributed by atoms with van der Waals surface area (Å²) in [5.41, 5.74) is 0.798. The molecule has 0 saturated carbocycles. The summed E-state index contributed by atoms with van der Waals surface area (Å²) in [4.78, 5) is 43.4. The summed E-state index contributed by atoms with van der Waals surface area (Å²) >= 11 is 6.25. The van der Waals surface area contributed by atoms with Crippen molar-refractivity contribution in [2.45, 2.75) is 20.0 Å². The minimum absolute atomic E-state index is 0.103. The van der Waals surface area contributed by atoms with Crippen LogP contribution in [0.3, 0.4) is 0 Å². The Balaban J connectivity index is 1.80. The third-order valence-corrected chi connectivity index (χ3v) is 5.35. The minimum Gasteiger partial charge on any atom is -0.346 e. The standard InChI is InChI=1S/C24H20ClN5O3/c1-16-6-4-9-19(12-16)30-24(33)29(15-18-8-2-3-10-20(18)25)23(32)21(28-30)22(31)27-14-17-7-5-11-26-13-17/h2-13H,14-15H2,1H3,(H,27,31). The highest BCUT2D eigenvalue weighted by atomic mass is 35.5. The van der Waals surface area contributed by atoms with E-state index in [1.54, 1.807) is 67.0 Å². The smallest absolute Gasteiger partial charge is 0.346 e. The predicted octanol–water partition coefficient (Wildman–Crippen LogP) is 2.73. The molecule has 0 aliphatic rings. The molecule has 0 aliphatic heterocycles. The van der Waals surface area contributed by atoms with Crippen LogP contribution in [0.5, 0.6) is 0 Å². The summed E-state index contributed by atoms with van der Waals surface area (Å²) in [5, 5.41) is 7.21. The second-order valence-electron chi connectivity index (χ2n) is 7.41. The highest BCUT2D eigenvalue weighted by Gasteiger charge is 2.21. The molecule has 0 saturated heterocycles. The molecule has 0 unspecified atom stereocenters. The Labute approximate surface area is 194 Å². The summed E-state index contributed by atoms with van der Waals surface area (Å²) < 4.78 is 2.03. The fourth-order valence-electron chi connectivity index (χ4n) is 3.29. The SMILES string of the molecule is Cc1cccc(-n2nc(C(=O)NCc3cccnc3)c(=O)n(Cc3ccccc3Cl)c2=O)c1. The van der Waals surface area contributed by atoms with Gasteiger partial charge in [-0.3, -0.25) is 19.1 Å². The first kappa shape index (κ1) is 22.2. The second-order valence-corrected chi connectivity index (χ2v) is 7.82. The van der Waals surface area contributed by atoms with E-state index in [1.165, 1.54) is 0 Å². The van der Waals surface area contributed by atoms with Gasteiger partial charge < -0.3 is 5.32 Å². The molecule has 0 aliphatic carbocycles. The number of pyridine rings is 1. The maximum Gasteiger partial charge on any atom is 0.352 e. The van der Waals surface area contributed by atoms with Gasteiger partial charge in [-0.25, -0.2) is 4.79 Å². The topological polar surface area (TPSA) is 98.9 Å². The molecule has 0 bridgehead atoms. The van der Waals surface area contributed by atoms with E-state index < -0.39 is 22.9 Å². The van der Waals surface area contributed by atoms with Crippen molar-refractivity contribution in [3.8, 4) is 5.69 Å². The largest absolute Gasteiger partial charge is 0.352 e. The van der Waals surface area contributed by atoms with Crippen molar-refractivity contribution in [3.63, 3.8) is 0 Å². The molecule has 1 amide bonds. The van der Waals surface area contributed by atoms with E-state index in [1.807, 2.05) is 13.0 Å². The fraction of sp³-hybridized carbons (Fsp3) is 0.125. The number of aromatic nitrogens is 4. The van der Waals surface area contributed by atoms with Gasteiger partial charge in [-0.15, -0.1) is 0 Å². The van der Waals surface area contributed by atoms with Crippen molar-refractivity contribution < 1.29 is 4.79 Å². The predicted molar refractivity (Wildman–Crippen MR) is 125 cm³/mol. The summed E-state index contributed by atoms with van der Waals surface area (Å²) in [6.07, 6.45) is 3.23. The second kappa shape index (κ2) is 9.62. The number of halogens is 1. The number of benzene rings is 2. The minimum atomic E-state index is -0.799. The van der Waals surface area contributed by atoms with Crippen molar-refractivity contribution in [1.82, 2.24) is 24.6 Å². The van der Waals surface area contributed by atoms with Gasteiger partial charge in [-0.2, -0.15) is 9.78 Å². The Kier molecular flexibility index (Phi) is 6.46. The average molecular weight is 462 g/mol. The number of nitrogens with one attached hydrogen (secondary N) is 1. The van der Waals surface area contributed by atoms with E-state index >= 15 is 0 Å². The number of carbonyl (C=O) groups excluding carboxylic acids is 1. The van der Waals surface area contributed by atoms with Crippen molar-refractivity contribution in [2.75, 3.05) is 0 Å². The molecule has 9 heteroatoms. The number of hydrogen-bond acceptors (Lipinski definition) is 5. The van der Waals surface area contributed by atoms with Crippen LogP contribution in [-0.2, 0) is 13.1 Å². The molecular weight excluding hydrogens is 442 g/mol. The number of rotatable bonds is 6. The van der Waals surface area contributed by atoms with Gasteiger partial charge in [0.2, 0.25) is 5.69 Å².